The Morgan fingerprint density at radius 3 is 2.61 bits per heavy atom. The Bertz CT molecular complexity index is 861. The van der Waals surface area contributed by atoms with Crippen molar-refractivity contribution in [3.8, 4) is 11.8 Å². The first-order valence-corrected chi connectivity index (χ1v) is 9.18. The fraction of sp³-hybridized carbons (Fsp3) is 0.304. The van der Waals surface area contributed by atoms with Crippen molar-refractivity contribution in [2.75, 3.05) is 6.54 Å². The van der Waals surface area contributed by atoms with Crippen LogP contribution in [0.25, 0.3) is 0 Å². The van der Waals surface area contributed by atoms with Crippen LogP contribution in [-0.4, -0.2) is 16.4 Å². The van der Waals surface area contributed by atoms with Crippen molar-refractivity contribution in [3.63, 3.8) is 0 Å². The summed E-state index contributed by atoms with van der Waals surface area (Å²) in [7, 11) is 0. The summed E-state index contributed by atoms with van der Waals surface area (Å²) in [5.74, 6) is 6.35. The van der Waals surface area contributed by atoms with Crippen molar-refractivity contribution in [1.29, 1.82) is 0 Å². The Morgan fingerprint density at radius 2 is 2.00 bits per heavy atom. The molecule has 0 spiro atoms. The summed E-state index contributed by atoms with van der Waals surface area (Å²) in [6.07, 6.45) is 3.02. The fourth-order valence-electron chi connectivity index (χ4n) is 3.43. The molecule has 145 valence electrons. The van der Waals surface area contributed by atoms with Crippen LogP contribution in [0.1, 0.15) is 48.5 Å². The van der Waals surface area contributed by atoms with Gasteiger partial charge in [0.25, 0.3) is 0 Å². The van der Waals surface area contributed by atoms with Gasteiger partial charge in [-0.2, -0.15) is 13.2 Å². The molecule has 5 heteroatoms. The molecule has 2 heterocycles. The lowest BCUT2D eigenvalue weighted by Gasteiger charge is -2.39. The van der Waals surface area contributed by atoms with E-state index in [9.17, 15) is 13.2 Å². The van der Waals surface area contributed by atoms with Crippen molar-refractivity contribution < 1.29 is 13.2 Å². The van der Waals surface area contributed by atoms with E-state index in [-0.39, 0.29) is 12.1 Å². The van der Waals surface area contributed by atoms with Crippen LogP contribution in [0.4, 0.5) is 13.2 Å². The maximum atomic E-state index is 12.9. The van der Waals surface area contributed by atoms with E-state index in [2.05, 4.69) is 34.7 Å². The van der Waals surface area contributed by atoms with E-state index in [1.807, 2.05) is 19.1 Å². The molecular weight excluding hydrogens is 361 g/mol. The zero-order chi connectivity index (χ0) is 20.1. The Balaban J connectivity index is 1.96. The number of hydrogen-bond acceptors (Lipinski definition) is 2. The van der Waals surface area contributed by atoms with Crippen LogP contribution in [0.2, 0.25) is 0 Å². The minimum atomic E-state index is -4.33. The van der Waals surface area contributed by atoms with Gasteiger partial charge in [-0.15, -0.1) is 0 Å². The number of alkyl halides is 3. The first kappa shape index (κ1) is 20.2. The maximum absolute atomic E-state index is 12.9. The Hall–Kier alpha value is -2.58. The number of rotatable bonds is 3. The van der Waals surface area contributed by atoms with Crippen molar-refractivity contribution >= 4 is 0 Å². The molecule has 2 aromatic rings. The Kier molecular flexibility index (Phi) is 6.21. The number of aromatic nitrogens is 1. The van der Waals surface area contributed by atoms with E-state index in [0.717, 1.165) is 48.2 Å². The monoisotopic (exact) mass is 383 g/mol. The van der Waals surface area contributed by atoms with Crippen molar-refractivity contribution in [1.82, 2.24) is 9.88 Å². The smallest absolute Gasteiger partial charge is 0.279 e. The normalized spacial score (nSPS) is 18.8. The summed E-state index contributed by atoms with van der Waals surface area (Å²) in [4.78, 5) is 6.46. The molecule has 1 fully saturated rings. The zero-order valence-electron chi connectivity index (χ0n) is 15.7. The molecule has 0 aliphatic carbocycles. The SMILES string of the molecule is C=C(C)C#C[C@H](c1cccnc1)N1CC[CH]C[C@H]1c1ccc(C(F)(F)F)cc1. The maximum Gasteiger partial charge on any atom is 0.416 e. The van der Waals surface area contributed by atoms with Crippen LogP contribution in [0.3, 0.4) is 0 Å². The van der Waals surface area contributed by atoms with Gasteiger partial charge in [0, 0.05) is 25.0 Å². The highest BCUT2D eigenvalue weighted by atomic mass is 19.4. The zero-order valence-corrected chi connectivity index (χ0v) is 15.7. The fourth-order valence-corrected chi connectivity index (χ4v) is 3.43. The summed E-state index contributed by atoms with van der Waals surface area (Å²) in [5, 5.41) is 0. The van der Waals surface area contributed by atoms with Gasteiger partial charge in [-0.1, -0.05) is 36.6 Å². The molecule has 0 N–H and O–H groups in total. The number of likely N-dealkylation sites (tertiary alicyclic amines) is 1. The number of benzene rings is 1. The van der Waals surface area contributed by atoms with Crippen LogP contribution in [0.5, 0.6) is 0 Å². The van der Waals surface area contributed by atoms with Gasteiger partial charge in [0.1, 0.15) is 0 Å². The molecule has 0 bridgehead atoms. The van der Waals surface area contributed by atoms with Gasteiger partial charge in [0.05, 0.1) is 11.6 Å². The first-order chi connectivity index (χ1) is 13.4. The molecule has 0 unspecified atom stereocenters. The molecule has 3 rings (SSSR count). The summed E-state index contributed by atoms with van der Waals surface area (Å²) in [5.41, 5.74) is 1.96. The quantitative estimate of drug-likeness (QED) is 0.626. The topological polar surface area (TPSA) is 16.1 Å². The molecule has 2 atom stereocenters. The molecule has 1 aliphatic heterocycles. The van der Waals surface area contributed by atoms with Crippen LogP contribution in [-0.2, 0) is 6.18 Å². The van der Waals surface area contributed by atoms with Gasteiger partial charge in [0.15, 0.2) is 0 Å². The van der Waals surface area contributed by atoms with Gasteiger partial charge < -0.3 is 0 Å². The molecule has 1 aliphatic rings. The molecule has 28 heavy (non-hydrogen) atoms. The second kappa shape index (κ2) is 8.62. The largest absolute Gasteiger partial charge is 0.416 e. The third-order valence-electron chi connectivity index (χ3n) is 4.76. The van der Waals surface area contributed by atoms with Gasteiger partial charge in [-0.25, -0.2) is 0 Å². The molecule has 1 saturated heterocycles. The number of hydrogen-bond donors (Lipinski definition) is 0. The second-order valence-corrected chi connectivity index (χ2v) is 6.93. The van der Waals surface area contributed by atoms with E-state index in [1.165, 1.54) is 0 Å². The highest BCUT2D eigenvalue weighted by Crippen LogP contribution is 2.38. The van der Waals surface area contributed by atoms with Gasteiger partial charge >= 0.3 is 6.18 Å². The molecule has 1 aromatic heterocycles. The molecule has 1 aromatic carbocycles. The molecule has 2 nitrogen and oxygen atoms in total. The van der Waals surface area contributed by atoms with Gasteiger partial charge in [0.2, 0.25) is 0 Å². The minimum Gasteiger partial charge on any atom is -0.279 e. The van der Waals surface area contributed by atoms with Crippen LogP contribution >= 0.6 is 0 Å². The molecule has 1 radical (unpaired) electrons. The summed E-state index contributed by atoms with van der Waals surface area (Å²) >= 11 is 0. The lowest BCUT2D eigenvalue weighted by atomic mass is 9.91. The number of pyridine rings is 1. The molecule has 0 amide bonds. The van der Waals surface area contributed by atoms with E-state index in [0.29, 0.717) is 0 Å². The predicted molar refractivity (Wildman–Crippen MR) is 104 cm³/mol. The third kappa shape index (κ3) is 4.82. The Labute approximate surface area is 164 Å². The highest BCUT2D eigenvalue weighted by molar-refractivity contribution is 5.34. The van der Waals surface area contributed by atoms with Crippen LogP contribution in [0, 0.1) is 18.3 Å². The molecule has 0 saturated carbocycles. The molecular formula is C23H22F3N2. The lowest BCUT2D eigenvalue weighted by molar-refractivity contribution is -0.137. The summed E-state index contributed by atoms with van der Waals surface area (Å²) in [6, 6.07) is 9.06. The van der Waals surface area contributed by atoms with Gasteiger partial charge in [-0.3, -0.25) is 9.88 Å². The van der Waals surface area contributed by atoms with Crippen molar-refractivity contribution in [2.24, 2.45) is 0 Å². The Morgan fingerprint density at radius 1 is 1.25 bits per heavy atom. The number of allylic oxidation sites excluding steroid dienone is 1. The first-order valence-electron chi connectivity index (χ1n) is 9.18. The number of piperidine rings is 1. The summed E-state index contributed by atoms with van der Waals surface area (Å²) in [6.45, 7) is 6.48. The lowest BCUT2D eigenvalue weighted by Crippen LogP contribution is -2.36. The van der Waals surface area contributed by atoms with E-state index in [4.69, 9.17) is 0 Å². The third-order valence-corrected chi connectivity index (χ3v) is 4.76. The van der Waals surface area contributed by atoms with Crippen molar-refractivity contribution in [2.45, 2.75) is 38.0 Å². The number of halogens is 3. The average Bonchev–Trinajstić information content (AvgIpc) is 2.68. The summed E-state index contributed by atoms with van der Waals surface area (Å²) < 4.78 is 38.7. The standard InChI is InChI=1S/C23H22F3N2/c1-17(2)8-13-22(19-6-5-14-27-16-19)28-15-4-3-7-21(28)18-9-11-20(12-10-18)23(24,25)26/h3,5-6,9-12,14,16,21-22H,1,4,7,15H2,2H3/t21-,22+/m0/s1. The predicted octanol–water partition coefficient (Wildman–Crippen LogP) is 5.76. The minimum absolute atomic E-state index is 0.0411. The second-order valence-electron chi connectivity index (χ2n) is 6.93. The van der Waals surface area contributed by atoms with E-state index >= 15 is 0 Å². The van der Waals surface area contributed by atoms with Crippen LogP contribution < -0.4 is 0 Å². The van der Waals surface area contributed by atoms with E-state index < -0.39 is 11.7 Å². The number of nitrogens with zero attached hydrogens (tertiary/aromatic N) is 2. The highest BCUT2D eigenvalue weighted by Gasteiger charge is 2.33. The van der Waals surface area contributed by atoms with Gasteiger partial charge in [-0.05, 0) is 61.1 Å². The van der Waals surface area contributed by atoms with Crippen molar-refractivity contribution in [3.05, 3.63) is 84.1 Å². The average molecular weight is 383 g/mol. The van der Waals surface area contributed by atoms with E-state index in [1.54, 1.807) is 24.5 Å². The van der Waals surface area contributed by atoms with Crippen LogP contribution in [0.15, 0.2) is 60.9 Å².